The first kappa shape index (κ1) is 29.3. The van der Waals surface area contributed by atoms with Crippen LogP contribution in [0, 0.1) is 0 Å². The van der Waals surface area contributed by atoms with Crippen molar-refractivity contribution >= 4 is 54.1 Å². The first-order valence-electron chi connectivity index (χ1n) is 17.6. The maximum absolute atomic E-state index is 5.10. The van der Waals surface area contributed by atoms with E-state index in [-0.39, 0.29) is 0 Å². The third kappa shape index (κ3) is 4.81. The number of aromatic nitrogens is 3. The van der Waals surface area contributed by atoms with Crippen molar-refractivity contribution in [3.05, 3.63) is 170 Å². The molecule has 10 aromatic rings. The van der Waals surface area contributed by atoms with Crippen LogP contribution in [0.15, 0.2) is 170 Å². The summed E-state index contributed by atoms with van der Waals surface area (Å²) in [6, 6.07) is 60.9. The lowest BCUT2D eigenvalue weighted by molar-refractivity contribution is 0.827. The van der Waals surface area contributed by atoms with Gasteiger partial charge in [-0.05, 0) is 86.8 Å². The van der Waals surface area contributed by atoms with Crippen molar-refractivity contribution in [2.24, 2.45) is 0 Å². The standard InChI is InChI=1S/C48H33N3/c1-2-51-46-23-12-11-22-39(46)43-28-41-38-25-24-34(27-40(38)36-20-9-10-21-37(36)42(41)29-47(43)51)33-18-13-19-35(26-33)45-30-44(31-14-5-3-6-15-31)49-48(50-45)32-16-7-4-8-17-32/h3-30H,2H2,1H3. The van der Waals surface area contributed by atoms with E-state index in [0.717, 1.165) is 46.0 Å². The second-order valence-corrected chi connectivity index (χ2v) is 13.3. The van der Waals surface area contributed by atoms with Crippen molar-refractivity contribution in [3.8, 4) is 45.0 Å². The van der Waals surface area contributed by atoms with Crippen LogP contribution < -0.4 is 0 Å². The molecule has 0 bridgehead atoms. The summed E-state index contributed by atoms with van der Waals surface area (Å²) in [6.45, 7) is 3.17. The van der Waals surface area contributed by atoms with Gasteiger partial charge < -0.3 is 4.57 Å². The Labute approximate surface area is 296 Å². The van der Waals surface area contributed by atoms with E-state index >= 15 is 0 Å². The number of benzene rings is 8. The molecule has 2 aromatic heterocycles. The minimum atomic E-state index is 0.720. The summed E-state index contributed by atoms with van der Waals surface area (Å²) in [5.41, 5.74) is 9.85. The molecule has 0 unspecified atom stereocenters. The summed E-state index contributed by atoms with van der Waals surface area (Å²) >= 11 is 0. The Morgan fingerprint density at radius 3 is 1.65 bits per heavy atom. The molecule has 0 atom stereocenters. The van der Waals surface area contributed by atoms with E-state index in [9.17, 15) is 0 Å². The van der Waals surface area contributed by atoms with Crippen molar-refractivity contribution < 1.29 is 0 Å². The van der Waals surface area contributed by atoms with Crippen LogP contribution in [0.1, 0.15) is 6.92 Å². The van der Waals surface area contributed by atoms with Crippen LogP contribution in [0.2, 0.25) is 0 Å². The lowest BCUT2D eigenvalue weighted by Crippen LogP contribution is -1.96. The van der Waals surface area contributed by atoms with Crippen molar-refractivity contribution in [1.82, 2.24) is 14.5 Å². The lowest BCUT2D eigenvalue weighted by atomic mass is 9.91. The Hall–Kier alpha value is -6.58. The molecule has 0 amide bonds. The van der Waals surface area contributed by atoms with Gasteiger partial charge in [-0.1, -0.05) is 133 Å². The van der Waals surface area contributed by atoms with Crippen molar-refractivity contribution in [3.63, 3.8) is 0 Å². The number of para-hydroxylation sites is 1. The summed E-state index contributed by atoms with van der Waals surface area (Å²) in [6.07, 6.45) is 0. The first-order valence-corrected chi connectivity index (χ1v) is 17.6. The van der Waals surface area contributed by atoms with E-state index < -0.39 is 0 Å². The number of fused-ring (bicyclic) bond motifs is 9. The van der Waals surface area contributed by atoms with Crippen LogP contribution in [-0.4, -0.2) is 14.5 Å². The maximum atomic E-state index is 5.10. The summed E-state index contributed by atoms with van der Waals surface area (Å²) in [7, 11) is 0. The molecule has 0 saturated carbocycles. The Morgan fingerprint density at radius 2 is 0.902 bits per heavy atom. The summed E-state index contributed by atoms with van der Waals surface area (Å²) in [5, 5.41) is 10.3. The molecule has 0 N–H and O–H groups in total. The van der Waals surface area contributed by atoms with Crippen LogP contribution in [0.5, 0.6) is 0 Å². The molecule has 2 heterocycles. The van der Waals surface area contributed by atoms with E-state index in [0.29, 0.717) is 0 Å². The Kier molecular flexibility index (Phi) is 6.78. The fourth-order valence-corrected chi connectivity index (χ4v) is 7.94. The van der Waals surface area contributed by atoms with E-state index in [4.69, 9.17) is 9.97 Å². The maximum Gasteiger partial charge on any atom is 0.160 e. The molecule has 0 aliphatic carbocycles. The fourth-order valence-electron chi connectivity index (χ4n) is 7.94. The van der Waals surface area contributed by atoms with Gasteiger partial charge in [0.05, 0.1) is 11.4 Å². The van der Waals surface area contributed by atoms with Gasteiger partial charge in [0.1, 0.15) is 0 Å². The highest BCUT2D eigenvalue weighted by Crippen LogP contribution is 2.41. The lowest BCUT2D eigenvalue weighted by Gasteiger charge is -2.14. The summed E-state index contributed by atoms with van der Waals surface area (Å²) < 4.78 is 2.45. The Balaban J connectivity index is 1.16. The molecule has 0 spiro atoms. The highest BCUT2D eigenvalue weighted by molar-refractivity contribution is 6.29. The normalized spacial score (nSPS) is 11.7. The third-order valence-corrected chi connectivity index (χ3v) is 10.4. The molecule has 10 rings (SSSR count). The number of aryl methyl sites for hydroxylation is 1. The van der Waals surface area contributed by atoms with Gasteiger partial charge in [-0.25, -0.2) is 9.97 Å². The van der Waals surface area contributed by atoms with Crippen LogP contribution in [0.25, 0.3) is 99.2 Å². The molecule has 3 nitrogen and oxygen atoms in total. The third-order valence-electron chi connectivity index (χ3n) is 10.4. The van der Waals surface area contributed by atoms with Gasteiger partial charge in [0.15, 0.2) is 5.82 Å². The molecule has 51 heavy (non-hydrogen) atoms. The highest BCUT2D eigenvalue weighted by Gasteiger charge is 2.16. The van der Waals surface area contributed by atoms with Gasteiger partial charge in [0.25, 0.3) is 0 Å². The number of hydrogen-bond acceptors (Lipinski definition) is 2. The molecule has 240 valence electrons. The van der Waals surface area contributed by atoms with Gasteiger partial charge in [0, 0.05) is 45.0 Å². The monoisotopic (exact) mass is 651 g/mol. The largest absolute Gasteiger partial charge is 0.341 e. The summed E-state index contributed by atoms with van der Waals surface area (Å²) in [4.78, 5) is 10.1. The zero-order valence-corrected chi connectivity index (χ0v) is 28.2. The quantitative estimate of drug-likeness (QED) is 0.173. The van der Waals surface area contributed by atoms with Gasteiger partial charge >= 0.3 is 0 Å². The molecule has 0 aliphatic heterocycles. The molecule has 3 heteroatoms. The summed E-state index contributed by atoms with van der Waals surface area (Å²) in [5.74, 6) is 0.720. The first-order chi connectivity index (χ1) is 25.2. The second kappa shape index (κ2) is 11.8. The van der Waals surface area contributed by atoms with Gasteiger partial charge in [-0.2, -0.15) is 0 Å². The van der Waals surface area contributed by atoms with Crippen molar-refractivity contribution in [1.29, 1.82) is 0 Å². The minimum absolute atomic E-state index is 0.720. The number of rotatable bonds is 5. The second-order valence-electron chi connectivity index (χ2n) is 13.3. The topological polar surface area (TPSA) is 30.7 Å². The van der Waals surface area contributed by atoms with Gasteiger partial charge in [-0.15, -0.1) is 0 Å². The number of nitrogens with zero attached hydrogens (tertiary/aromatic N) is 3. The molecule has 8 aromatic carbocycles. The predicted molar refractivity (Wildman–Crippen MR) is 215 cm³/mol. The predicted octanol–water partition coefficient (Wildman–Crippen LogP) is 12.7. The van der Waals surface area contributed by atoms with Crippen LogP contribution in [-0.2, 0) is 6.54 Å². The van der Waals surface area contributed by atoms with Crippen LogP contribution in [0.3, 0.4) is 0 Å². The minimum Gasteiger partial charge on any atom is -0.341 e. The molecular weight excluding hydrogens is 619 g/mol. The molecule has 0 fully saturated rings. The van der Waals surface area contributed by atoms with Crippen molar-refractivity contribution in [2.45, 2.75) is 13.5 Å². The van der Waals surface area contributed by atoms with Crippen LogP contribution in [0.4, 0.5) is 0 Å². The van der Waals surface area contributed by atoms with E-state index in [1.165, 1.54) is 59.7 Å². The molecule has 0 radical (unpaired) electrons. The Morgan fingerprint density at radius 1 is 0.353 bits per heavy atom. The number of hydrogen-bond donors (Lipinski definition) is 0. The van der Waals surface area contributed by atoms with E-state index in [1.807, 2.05) is 24.3 Å². The fraction of sp³-hybridized carbons (Fsp3) is 0.0417. The van der Waals surface area contributed by atoms with Gasteiger partial charge in [-0.3, -0.25) is 0 Å². The smallest absolute Gasteiger partial charge is 0.160 e. The van der Waals surface area contributed by atoms with E-state index in [1.54, 1.807) is 0 Å². The molecule has 0 saturated heterocycles. The van der Waals surface area contributed by atoms with E-state index in [2.05, 4.69) is 157 Å². The average molecular weight is 652 g/mol. The van der Waals surface area contributed by atoms with Crippen molar-refractivity contribution in [2.75, 3.05) is 0 Å². The molecule has 0 aliphatic rings. The zero-order valence-electron chi connectivity index (χ0n) is 28.2. The molecular formula is C48H33N3. The van der Waals surface area contributed by atoms with Crippen LogP contribution >= 0.6 is 0 Å². The zero-order chi connectivity index (χ0) is 33.9. The SMILES string of the molecule is CCn1c2ccccc2c2cc3c4ccc(-c5cccc(-c6cc(-c7ccccc7)nc(-c7ccccc7)n6)c5)cc4c4ccccc4c3cc21. The Bertz CT molecular complexity index is 2880. The average Bonchev–Trinajstić information content (AvgIpc) is 3.53. The highest BCUT2D eigenvalue weighted by atomic mass is 15.0. The van der Waals surface area contributed by atoms with Gasteiger partial charge in [0.2, 0.25) is 0 Å².